The van der Waals surface area contributed by atoms with Gasteiger partial charge in [0.2, 0.25) is 5.76 Å². The summed E-state index contributed by atoms with van der Waals surface area (Å²) in [7, 11) is 0. The van der Waals surface area contributed by atoms with E-state index in [0.717, 1.165) is 16.7 Å². The minimum atomic E-state index is -1.13. The predicted octanol–water partition coefficient (Wildman–Crippen LogP) is 4.39. The number of amides is 1. The van der Waals surface area contributed by atoms with E-state index in [9.17, 15) is 9.59 Å². The van der Waals surface area contributed by atoms with Crippen LogP contribution in [-0.2, 0) is 0 Å². The molecule has 7 heteroatoms. The van der Waals surface area contributed by atoms with Gasteiger partial charge < -0.3 is 14.8 Å². The molecular weight excluding hydrogens is 376 g/mol. The molecule has 2 aromatic carbocycles. The lowest BCUT2D eigenvalue weighted by Crippen LogP contribution is -2.34. The van der Waals surface area contributed by atoms with E-state index in [1.54, 1.807) is 24.3 Å². The Labute approximate surface area is 167 Å². The summed E-state index contributed by atoms with van der Waals surface area (Å²) in [5.41, 5.74) is 3.62. The molecule has 28 heavy (non-hydrogen) atoms. The quantitative estimate of drug-likeness (QED) is 0.569. The van der Waals surface area contributed by atoms with Gasteiger partial charge in [0, 0.05) is 16.8 Å². The van der Waals surface area contributed by atoms with Gasteiger partial charge in [-0.1, -0.05) is 30.3 Å². The number of hydrogen-bond donors (Lipinski definition) is 3. The number of furan rings is 1. The summed E-state index contributed by atoms with van der Waals surface area (Å²) in [5, 5.41) is 14.9. The molecule has 3 N–H and O–H groups in total. The standard InChI is InChI=1S/C21H18N2O4S/c1-12-6-3-4-7-14(12)19(24)23-21(28)22-16-9-5-8-15(13(16)2)17-10-11-18(27-17)20(25)26/h3-11H,1-2H3,(H,25,26)(H2,22,23,24,28). The van der Waals surface area contributed by atoms with Gasteiger partial charge in [-0.15, -0.1) is 0 Å². The maximum absolute atomic E-state index is 12.4. The van der Waals surface area contributed by atoms with Gasteiger partial charge in [-0.3, -0.25) is 10.1 Å². The van der Waals surface area contributed by atoms with E-state index in [-0.39, 0.29) is 16.8 Å². The molecule has 0 spiro atoms. The lowest BCUT2D eigenvalue weighted by atomic mass is 10.0. The summed E-state index contributed by atoms with van der Waals surface area (Å²) < 4.78 is 5.38. The zero-order valence-electron chi connectivity index (χ0n) is 15.3. The van der Waals surface area contributed by atoms with Gasteiger partial charge in [0.1, 0.15) is 5.76 Å². The first kappa shape index (κ1) is 19.3. The van der Waals surface area contributed by atoms with E-state index in [4.69, 9.17) is 21.7 Å². The van der Waals surface area contributed by atoms with Crippen LogP contribution in [0.3, 0.4) is 0 Å². The maximum Gasteiger partial charge on any atom is 0.371 e. The number of aryl methyl sites for hydroxylation is 1. The van der Waals surface area contributed by atoms with Crippen molar-refractivity contribution < 1.29 is 19.1 Å². The van der Waals surface area contributed by atoms with Gasteiger partial charge in [0.15, 0.2) is 5.11 Å². The number of aromatic carboxylic acids is 1. The number of anilines is 1. The highest BCUT2D eigenvalue weighted by atomic mass is 32.1. The minimum absolute atomic E-state index is 0.131. The van der Waals surface area contributed by atoms with Crippen molar-refractivity contribution in [2.75, 3.05) is 5.32 Å². The Kier molecular flexibility index (Phi) is 5.56. The van der Waals surface area contributed by atoms with E-state index in [1.165, 1.54) is 6.07 Å². The topological polar surface area (TPSA) is 91.6 Å². The van der Waals surface area contributed by atoms with Crippen molar-refractivity contribution in [3.05, 3.63) is 77.0 Å². The highest BCUT2D eigenvalue weighted by molar-refractivity contribution is 7.80. The molecule has 3 rings (SSSR count). The number of carboxylic acid groups (broad SMARTS) is 1. The molecule has 142 valence electrons. The fraction of sp³-hybridized carbons (Fsp3) is 0.0952. The van der Waals surface area contributed by atoms with Crippen molar-refractivity contribution in [2.24, 2.45) is 0 Å². The number of carbonyl (C=O) groups excluding carboxylic acids is 1. The average molecular weight is 394 g/mol. The normalized spacial score (nSPS) is 10.4. The van der Waals surface area contributed by atoms with E-state index in [0.29, 0.717) is 17.0 Å². The van der Waals surface area contributed by atoms with Crippen molar-refractivity contribution in [2.45, 2.75) is 13.8 Å². The van der Waals surface area contributed by atoms with Crippen LogP contribution in [0.25, 0.3) is 11.3 Å². The monoisotopic (exact) mass is 394 g/mol. The zero-order valence-corrected chi connectivity index (χ0v) is 16.1. The van der Waals surface area contributed by atoms with Crippen LogP contribution in [0.15, 0.2) is 59.0 Å². The first-order valence-electron chi connectivity index (χ1n) is 8.48. The van der Waals surface area contributed by atoms with Gasteiger partial charge in [0.05, 0.1) is 0 Å². The molecule has 1 heterocycles. The molecule has 3 aromatic rings. The van der Waals surface area contributed by atoms with Crippen LogP contribution < -0.4 is 10.6 Å². The third kappa shape index (κ3) is 4.10. The highest BCUT2D eigenvalue weighted by Gasteiger charge is 2.15. The van der Waals surface area contributed by atoms with Gasteiger partial charge in [-0.25, -0.2) is 4.79 Å². The lowest BCUT2D eigenvalue weighted by molar-refractivity contribution is 0.0663. The van der Waals surface area contributed by atoms with Crippen molar-refractivity contribution in [1.29, 1.82) is 0 Å². The number of benzene rings is 2. The lowest BCUT2D eigenvalue weighted by Gasteiger charge is -2.14. The molecule has 0 atom stereocenters. The number of carbonyl (C=O) groups is 2. The van der Waals surface area contributed by atoms with Crippen LogP contribution in [-0.4, -0.2) is 22.1 Å². The van der Waals surface area contributed by atoms with Crippen LogP contribution in [0.1, 0.15) is 32.0 Å². The Balaban J connectivity index is 1.77. The van der Waals surface area contributed by atoms with E-state index < -0.39 is 5.97 Å². The Hall–Kier alpha value is -3.45. The molecule has 0 aliphatic carbocycles. The van der Waals surface area contributed by atoms with E-state index >= 15 is 0 Å². The van der Waals surface area contributed by atoms with Gasteiger partial charge in [0.25, 0.3) is 5.91 Å². The second-order valence-corrected chi connectivity index (χ2v) is 6.58. The predicted molar refractivity (Wildman–Crippen MR) is 111 cm³/mol. The van der Waals surface area contributed by atoms with Crippen molar-refractivity contribution in [1.82, 2.24) is 5.32 Å². The van der Waals surface area contributed by atoms with Crippen molar-refractivity contribution in [3.63, 3.8) is 0 Å². The smallest absolute Gasteiger partial charge is 0.371 e. The van der Waals surface area contributed by atoms with Crippen LogP contribution in [0.2, 0.25) is 0 Å². The number of thiocarbonyl (C=S) groups is 1. The second-order valence-electron chi connectivity index (χ2n) is 6.17. The molecule has 0 aliphatic rings. The summed E-state index contributed by atoms with van der Waals surface area (Å²) >= 11 is 5.27. The Bertz CT molecular complexity index is 1070. The first-order valence-corrected chi connectivity index (χ1v) is 8.88. The molecule has 1 amide bonds. The molecule has 0 aliphatic heterocycles. The molecule has 0 radical (unpaired) electrons. The molecule has 0 saturated heterocycles. The summed E-state index contributed by atoms with van der Waals surface area (Å²) in [6, 6.07) is 15.7. The minimum Gasteiger partial charge on any atom is -0.475 e. The van der Waals surface area contributed by atoms with Crippen molar-refractivity contribution >= 4 is 34.9 Å². The van der Waals surface area contributed by atoms with Gasteiger partial charge >= 0.3 is 5.97 Å². The van der Waals surface area contributed by atoms with Crippen LogP contribution in [0, 0.1) is 13.8 Å². The summed E-state index contributed by atoms with van der Waals surface area (Å²) in [5.74, 6) is -1.11. The van der Waals surface area contributed by atoms with Crippen LogP contribution >= 0.6 is 12.2 Å². The van der Waals surface area contributed by atoms with E-state index in [1.807, 2.05) is 38.1 Å². The first-order chi connectivity index (χ1) is 13.4. The van der Waals surface area contributed by atoms with Gasteiger partial charge in [-0.05, 0) is 61.5 Å². The third-order valence-electron chi connectivity index (χ3n) is 4.28. The van der Waals surface area contributed by atoms with Crippen molar-refractivity contribution in [3.8, 4) is 11.3 Å². The van der Waals surface area contributed by atoms with Crippen LogP contribution in [0.4, 0.5) is 5.69 Å². The largest absolute Gasteiger partial charge is 0.475 e. The molecule has 6 nitrogen and oxygen atoms in total. The fourth-order valence-electron chi connectivity index (χ4n) is 2.79. The number of carboxylic acids is 1. The summed E-state index contributed by atoms with van der Waals surface area (Å²) in [6.07, 6.45) is 0. The molecular formula is C21H18N2O4S. The second kappa shape index (κ2) is 8.06. The molecule has 0 saturated carbocycles. The highest BCUT2D eigenvalue weighted by Crippen LogP contribution is 2.30. The average Bonchev–Trinajstić information content (AvgIpc) is 3.14. The summed E-state index contributed by atoms with van der Waals surface area (Å²) in [6.45, 7) is 3.71. The third-order valence-corrected chi connectivity index (χ3v) is 4.49. The molecule has 0 fully saturated rings. The number of rotatable bonds is 4. The Morgan fingerprint density at radius 2 is 1.75 bits per heavy atom. The number of nitrogens with one attached hydrogen (secondary N) is 2. The van der Waals surface area contributed by atoms with E-state index in [2.05, 4.69) is 10.6 Å². The molecule has 0 unspecified atom stereocenters. The summed E-state index contributed by atoms with van der Waals surface area (Å²) in [4.78, 5) is 23.4. The zero-order chi connectivity index (χ0) is 20.3. The Morgan fingerprint density at radius 1 is 1.00 bits per heavy atom. The Morgan fingerprint density at radius 3 is 2.43 bits per heavy atom. The van der Waals surface area contributed by atoms with Gasteiger partial charge in [-0.2, -0.15) is 0 Å². The van der Waals surface area contributed by atoms with Crippen LogP contribution in [0.5, 0.6) is 0 Å². The number of hydrogen-bond acceptors (Lipinski definition) is 4. The SMILES string of the molecule is Cc1ccccc1C(=O)NC(=S)Nc1cccc(-c2ccc(C(=O)O)o2)c1C. The molecule has 1 aromatic heterocycles. The molecule has 0 bridgehead atoms. The maximum atomic E-state index is 12.4. The fourth-order valence-corrected chi connectivity index (χ4v) is 2.99.